The van der Waals surface area contributed by atoms with Crippen molar-refractivity contribution >= 4 is 44.6 Å². The Morgan fingerprint density at radius 3 is 2.22 bits per heavy atom. The van der Waals surface area contributed by atoms with E-state index in [4.69, 9.17) is 12.2 Å². The molecule has 1 fully saturated rings. The van der Waals surface area contributed by atoms with E-state index < -0.39 is 10.0 Å². The minimum absolute atomic E-state index is 0.0927. The van der Waals surface area contributed by atoms with Crippen LogP contribution in [0.5, 0.6) is 0 Å². The first kappa shape index (κ1) is 24.2. The van der Waals surface area contributed by atoms with E-state index in [1.165, 1.54) is 44.2 Å². The highest BCUT2D eigenvalue weighted by molar-refractivity contribution is 7.92. The van der Waals surface area contributed by atoms with Gasteiger partial charge in [-0.2, -0.15) is 0 Å². The second kappa shape index (κ2) is 10.9. The zero-order valence-corrected chi connectivity index (χ0v) is 20.2. The Morgan fingerprint density at radius 1 is 0.969 bits per heavy atom. The number of sulfonamides is 1. The summed E-state index contributed by atoms with van der Waals surface area (Å²) in [6.07, 6.45) is 7.62. The molecule has 2 aromatic carbocycles. The van der Waals surface area contributed by atoms with Gasteiger partial charge in [-0.15, -0.1) is 0 Å². The van der Waals surface area contributed by atoms with Crippen LogP contribution in [0.4, 0.5) is 11.4 Å². The van der Waals surface area contributed by atoms with E-state index >= 15 is 0 Å². The number of hydrogen-bond acceptors (Lipinski definition) is 4. The Morgan fingerprint density at radius 2 is 1.59 bits per heavy atom. The lowest BCUT2D eigenvalue weighted by atomic mass is 9.86. The standard InChI is InChI=1S/C24H31N3O3S2/c1-17-14-18(2)16-21(15-17)27-32(29,30)22-11-9-20(10-12-22)25-24(31)26-23(28)13-8-19-6-4-3-5-7-19/h9-12,14-16,19,27H,3-8,13H2,1-2H3,(H2,25,26,28,31). The quantitative estimate of drug-likeness (QED) is 0.477. The summed E-state index contributed by atoms with van der Waals surface area (Å²) in [5.74, 6) is 0.549. The summed E-state index contributed by atoms with van der Waals surface area (Å²) in [5, 5.41) is 5.86. The monoisotopic (exact) mass is 473 g/mol. The number of hydrogen-bond donors (Lipinski definition) is 3. The Labute approximate surface area is 196 Å². The SMILES string of the molecule is Cc1cc(C)cc(NS(=O)(=O)c2ccc(NC(=S)NC(=O)CCC3CCCCC3)cc2)c1. The van der Waals surface area contributed by atoms with Gasteiger partial charge in [0.2, 0.25) is 5.91 Å². The molecule has 2 aromatic rings. The molecule has 1 amide bonds. The lowest BCUT2D eigenvalue weighted by Crippen LogP contribution is -2.34. The van der Waals surface area contributed by atoms with E-state index in [9.17, 15) is 13.2 Å². The highest BCUT2D eigenvalue weighted by Crippen LogP contribution is 2.27. The van der Waals surface area contributed by atoms with Gasteiger partial charge in [0.15, 0.2) is 5.11 Å². The molecule has 0 saturated heterocycles. The summed E-state index contributed by atoms with van der Waals surface area (Å²) < 4.78 is 28.0. The summed E-state index contributed by atoms with van der Waals surface area (Å²) in [4.78, 5) is 12.3. The van der Waals surface area contributed by atoms with E-state index in [2.05, 4.69) is 15.4 Å². The first-order chi connectivity index (χ1) is 15.2. The third-order valence-electron chi connectivity index (χ3n) is 5.65. The van der Waals surface area contributed by atoms with Crippen LogP contribution in [0, 0.1) is 19.8 Å². The molecule has 0 spiro atoms. The van der Waals surface area contributed by atoms with Crippen molar-refractivity contribution in [3.8, 4) is 0 Å². The highest BCUT2D eigenvalue weighted by Gasteiger charge is 2.16. The van der Waals surface area contributed by atoms with Gasteiger partial charge in [-0.1, -0.05) is 38.2 Å². The van der Waals surface area contributed by atoms with Gasteiger partial charge in [-0.25, -0.2) is 8.42 Å². The van der Waals surface area contributed by atoms with Crippen molar-refractivity contribution in [3.63, 3.8) is 0 Å². The van der Waals surface area contributed by atoms with Gasteiger partial charge in [0.05, 0.1) is 4.90 Å². The van der Waals surface area contributed by atoms with Gasteiger partial charge in [-0.05, 0) is 85.9 Å². The molecule has 32 heavy (non-hydrogen) atoms. The molecule has 1 aliphatic carbocycles. The molecule has 0 heterocycles. The number of nitrogens with one attached hydrogen (secondary N) is 3. The van der Waals surface area contributed by atoms with Crippen LogP contribution in [-0.4, -0.2) is 19.4 Å². The van der Waals surface area contributed by atoms with Gasteiger partial charge in [-0.3, -0.25) is 9.52 Å². The molecule has 8 heteroatoms. The smallest absolute Gasteiger partial charge is 0.261 e. The zero-order chi connectivity index (χ0) is 23.1. The molecular weight excluding hydrogens is 442 g/mol. The van der Waals surface area contributed by atoms with Gasteiger partial charge >= 0.3 is 0 Å². The maximum Gasteiger partial charge on any atom is 0.261 e. The van der Waals surface area contributed by atoms with Crippen molar-refractivity contribution in [2.75, 3.05) is 10.0 Å². The van der Waals surface area contributed by atoms with Crippen LogP contribution < -0.4 is 15.4 Å². The maximum absolute atomic E-state index is 12.7. The minimum Gasteiger partial charge on any atom is -0.332 e. The van der Waals surface area contributed by atoms with Crippen molar-refractivity contribution in [1.82, 2.24) is 5.32 Å². The fourth-order valence-electron chi connectivity index (χ4n) is 4.13. The fraction of sp³-hybridized carbons (Fsp3) is 0.417. The summed E-state index contributed by atoms with van der Waals surface area (Å²) in [6.45, 7) is 3.84. The molecule has 0 aromatic heterocycles. The van der Waals surface area contributed by atoms with E-state index in [-0.39, 0.29) is 15.9 Å². The second-order valence-electron chi connectivity index (χ2n) is 8.55. The normalized spacial score (nSPS) is 14.6. The largest absolute Gasteiger partial charge is 0.332 e. The average Bonchev–Trinajstić information content (AvgIpc) is 2.72. The predicted molar refractivity (Wildman–Crippen MR) is 133 cm³/mol. The van der Waals surface area contributed by atoms with Crippen LogP contribution in [0.1, 0.15) is 56.1 Å². The van der Waals surface area contributed by atoms with Crippen molar-refractivity contribution in [2.45, 2.75) is 63.7 Å². The van der Waals surface area contributed by atoms with E-state index in [1.807, 2.05) is 19.9 Å². The molecule has 6 nitrogen and oxygen atoms in total. The van der Waals surface area contributed by atoms with Crippen molar-refractivity contribution < 1.29 is 13.2 Å². The summed E-state index contributed by atoms with van der Waals surface area (Å²) in [6, 6.07) is 11.8. The number of thiocarbonyl (C=S) groups is 1. The number of carbonyl (C=O) groups excluding carboxylic acids is 1. The Kier molecular flexibility index (Phi) is 8.26. The van der Waals surface area contributed by atoms with Gasteiger partial charge in [0.25, 0.3) is 10.0 Å². The Hall–Kier alpha value is -2.45. The van der Waals surface area contributed by atoms with Crippen molar-refractivity contribution in [1.29, 1.82) is 0 Å². The fourth-order valence-corrected chi connectivity index (χ4v) is 5.40. The van der Waals surface area contributed by atoms with Crippen molar-refractivity contribution in [3.05, 3.63) is 53.6 Å². The van der Waals surface area contributed by atoms with Crippen LogP contribution in [-0.2, 0) is 14.8 Å². The number of aryl methyl sites for hydroxylation is 2. The Bertz CT molecular complexity index is 1040. The summed E-state index contributed by atoms with van der Waals surface area (Å²) in [5.41, 5.74) is 3.10. The molecule has 0 radical (unpaired) electrons. The first-order valence-corrected chi connectivity index (χ1v) is 12.9. The van der Waals surface area contributed by atoms with Gasteiger partial charge < -0.3 is 10.6 Å². The van der Waals surface area contributed by atoms with Crippen LogP contribution in [0.3, 0.4) is 0 Å². The Balaban J connectivity index is 1.51. The topological polar surface area (TPSA) is 87.3 Å². The lowest BCUT2D eigenvalue weighted by Gasteiger charge is -2.21. The number of amides is 1. The van der Waals surface area contributed by atoms with Crippen LogP contribution in [0.15, 0.2) is 47.4 Å². The molecule has 0 bridgehead atoms. The van der Waals surface area contributed by atoms with Crippen LogP contribution in [0.2, 0.25) is 0 Å². The molecule has 1 saturated carbocycles. The van der Waals surface area contributed by atoms with E-state index in [0.717, 1.165) is 17.5 Å². The van der Waals surface area contributed by atoms with Crippen LogP contribution >= 0.6 is 12.2 Å². The van der Waals surface area contributed by atoms with Gasteiger partial charge in [0, 0.05) is 17.8 Å². The number of carbonyl (C=O) groups is 1. The van der Waals surface area contributed by atoms with E-state index in [1.54, 1.807) is 24.3 Å². The summed E-state index contributed by atoms with van der Waals surface area (Å²) >= 11 is 5.23. The predicted octanol–water partition coefficient (Wildman–Crippen LogP) is 5.28. The zero-order valence-electron chi connectivity index (χ0n) is 18.6. The van der Waals surface area contributed by atoms with Crippen molar-refractivity contribution in [2.24, 2.45) is 5.92 Å². The molecule has 0 aliphatic heterocycles. The average molecular weight is 474 g/mol. The van der Waals surface area contributed by atoms with Crippen LogP contribution in [0.25, 0.3) is 0 Å². The number of anilines is 2. The highest BCUT2D eigenvalue weighted by atomic mass is 32.2. The van der Waals surface area contributed by atoms with Gasteiger partial charge in [0.1, 0.15) is 0 Å². The molecule has 0 atom stereocenters. The third-order valence-corrected chi connectivity index (χ3v) is 7.26. The summed E-state index contributed by atoms with van der Waals surface area (Å²) in [7, 11) is -3.71. The molecular formula is C24H31N3O3S2. The minimum atomic E-state index is -3.71. The molecule has 3 rings (SSSR count). The second-order valence-corrected chi connectivity index (χ2v) is 10.6. The first-order valence-electron chi connectivity index (χ1n) is 11.0. The molecule has 1 aliphatic rings. The molecule has 172 valence electrons. The number of benzene rings is 2. The third kappa shape index (κ3) is 7.31. The maximum atomic E-state index is 12.7. The number of rotatable bonds is 7. The molecule has 0 unspecified atom stereocenters. The van der Waals surface area contributed by atoms with E-state index in [0.29, 0.717) is 23.7 Å². The lowest BCUT2D eigenvalue weighted by molar-refractivity contribution is -0.120. The molecule has 3 N–H and O–H groups in total.